The molecule has 14 rings (SSSR count). The van der Waals surface area contributed by atoms with Crippen molar-refractivity contribution < 1.29 is 0 Å². The van der Waals surface area contributed by atoms with E-state index in [4.69, 9.17) is 0 Å². The third-order valence-corrected chi connectivity index (χ3v) is 15.7. The number of para-hydroxylation sites is 4. The van der Waals surface area contributed by atoms with Crippen molar-refractivity contribution in [3.8, 4) is 61.3 Å². The summed E-state index contributed by atoms with van der Waals surface area (Å²) in [5, 5.41) is 4.89. The molecule has 0 spiro atoms. The smallest absolute Gasteiger partial charge is 0.0541 e. The second kappa shape index (κ2) is 17.7. The molecule has 0 amide bonds. The molecule has 0 bridgehead atoms. The Balaban J connectivity index is 0.975. The van der Waals surface area contributed by atoms with Crippen LogP contribution >= 0.6 is 0 Å². The summed E-state index contributed by atoms with van der Waals surface area (Å²) in [4.78, 5) is 2.49. The number of fused-ring (bicyclic) bond motifs is 7. The van der Waals surface area contributed by atoms with Crippen LogP contribution < -0.4 is 4.90 Å². The van der Waals surface area contributed by atoms with Gasteiger partial charge in [-0.2, -0.15) is 0 Å². The van der Waals surface area contributed by atoms with Gasteiger partial charge in [0.2, 0.25) is 0 Å². The van der Waals surface area contributed by atoms with E-state index in [1.807, 2.05) is 0 Å². The predicted octanol–water partition coefficient (Wildman–Crippen LogP) is 19.4. The van der Waals surface area contributed by atoms with Crippen LogP contribution in [0.3, 0.4) is 0 Å². The maximum Gasteiger partial charge on any atom is 0.0541 e. The predicted molar refractivity (Wildman–Crippen MR) is 312 cm³/mol. The van der Waals surface area contributed by atoms with Crippen LogP contribution in [0.5, 0.6) is 0 Å². The van der Waals surface area contributed by atoms with Gasteiger partial charge in [0, 0.05) is 38.7 Å². The summed E-state index contributed by atoms with van der Waals surface area (Å²) in [5.41, 5.74) is 22.6. The van der Waals surface area contributed by atoms with E-state index in [9.17, 15) is 0 Å². The third-order valence-electron chi connectivity index (χ3n) is 15.7. The number of anilines is 3. The first-order valence-electron chi connectivity index (χ1n) is 25.7. The van der Waals surface area contributed by atoms with Gasteiger partial charge in [-0.15, -0.1) is 0 Å². The largest absolute Gasteiger partial charge is 0.309 e. The Hall–Kier alpha value is -9.50. The van der Waals surface area contributed by atoms with Gasteiger partial charge < -0.3 is 9.47 Å². The molecule has 1 atom stereocenters. The highest BCUT2D eigenvalue weighted by Crippen LogP contribution is 2.55. The fourth-order valence-electron chi connectivity index (χ4n) is 12.3. The quantitative estimate of drug-likeness (QED) is 0.140. The Kier molecular flexibility index (Phi) is 10.3. The molecule has 1 aliphatic carbocycles. The summed E-state index contributed by atoms with van der Waals surface area (Å²) in [5.74, 6) is 0. The van der Waals surface area contributed by atoms with Gasteiger partial charge in [-0.1, -0.05) is 231 Å². The van der Waals surface area contributed by atoms with Gasteiger partial charge in [0.15, 0.2) is 0 Å². The maximum absolute atomic E-state index is 2.49. The average molecular weight is 943 g/mol. The Morgan fingerprint density at radius 2 is 0.865 bits per heavy atom. The molecular weight excluding hydrogens is 893 g/mol. The zero-order valence-corrected chi connectivity index (χ0v) is 41.0. The molecule has 0 N–H and O–H groups in total. The molecule has 348 valence electrons. The van der Waals surface area contributed by atoms with Gasteiger partial charge in [0.05, 0.1) is 22.4 Å². The highest BCUT2D eigenvalue weighted by atomic mass is 15.1. The SMILES string of the molecule is CC1(c2ccccc2)c2ccccc2-c2c(-c3ccc(N(c4ccccc4-c4ccc5c(c4)c4ccccc4n5-c4ccccc4)c4ccccc4-c4cccc5cccc(-c6ccccc6)c45)cc3)cccc21. The third kappa shape index (κ3) is 6.87. The van der Waals surface area contributed by atoms with Crippen LogP contribution in [0.15, 0.2) is 285 Å². The van der Waals surface area contributed by atoms with Gasteiger partial charge >= 0.3 is 0 Å². The van der Waals surface area contributed by atoms with E-state index in [-0.39, 0.29) is 5.41 Å². The fourth-order valence-corrected chi connectivity index (χ4v) is 12.3. The van der Waals surface area contributed by atoms with Crippen molar-refractivity contribution in [1.82, 2.24) is 4.57 Å². The summed E-state index contributed by atoms with van der Waals surface area (Å²) in [6.45, 7) is 2.39. The van der Waals surface area contributed by atoms with E-state index in [0.717, 1.165) is 39.4 Å². The molecule has 1 aliphatic rings. The van der Waals surface area contributed by atoms with E-state index >= 15 is 0 Å². The van der Waals surface area contributed by atoms with Crippen LogP contribution in [-0.2, 0) is 5.41 Å². The highest BCUT2D eigenvalue weighted by Gasteiger charge is 2.41. The molecule has 2 heteroatoms. The molecule has 0 fully saturated rings. The molecule has 12 aromatic carbocycles. The fraction of sp³-hybridized carbons (Fsp3) is 0.0278. The van der Waals surface area contributed by atoms with Crippen molar-refractivity contribution in [2.75, 3.05) is 4.90 Å². The minimum Gasteiger partial charge on any atom is -0.309 e. The van der Waals surface area contributed by atoms with E-state index in [0.29, 0.717) is 0 Å². The lowest BCUT2D eigenvalue weighted by Gasteiger charge is -2.30. The number of aromatic nitrogens is 1. The number of hydrogen-bond donors (Lipinski definition) is 0. The van der Waals surface area contributed by atoms with Gasteiger partial charge in [-0.05, 0) is 133 Å². The van der Waals surface area contributed by atoms with E-state index in [2.05, 4.69) is 302 Å². The molecule has 2 nitrogen and oxygen atoms in total. The summed E-state index contributed by atoms with van der Waals surface area (Å²) in [6, 6.07) is 105. The molecule has 1 heterocycles. The van der Waals surface area contributed by atoms with Crippen molar-refractivity contribution in [2.45, 2.75) is 12.3 Å². The second-order valence-electron chi connectivity index (χ2n) is 19.7. The zero-order chi connectivity index (χ0) is 49.2. The van der Waals surface area contributed by atoms with Gasteiger partial charge in [-0.3, -0.25) is 0 Å². The molecule has 1 unspecified atom stereocenters. The van der Waals surface area contributed by atoms with Crippen LogP contribution in [0.2, 0.25) is 0 Å². The monoisotopic (exact) mass is 942 g/mol. The lowest BCUT2D eigenvalue weighted by atomic mass is 9.74. The van der Waals surface area contributed by atoms with Crippen LogP contribution in [0.25, 0.3) is 93.9 Å². The first-order valence-corrected chi connectivity index (χ1v) is 25.7. The van der Waals surface area contributed by atoms with Crippen molar-refractivity contribution in [3.63, 3.8) is 0 Å². The van der Waals surface area contributed by atoms with Crippen molar-refractivity contribution in [3.05, 3.63) is 302 Å². The molecule has 0 radical (unpaired) electrons. The normalized spacial score (nSPS) is 13.8. The van der Waals surface area contributed by atoms with E-state index in [1.54, 1.807) is 0 Å². The molecule has 74 heavy (non-hydrogen) atoms. The summed E-state index contributed by atoms with van der Waals surface area (Å²) in [6.07, 6.45) is 0. The first-order chi connectivity index (χ1) is 36.6. The minimum absolute atomic E-state index is 0.283. The lowest BCUT2D eigenvalue weighted by molar-refractivity contribution is 0.714. The Labute approximate surface area is 432 Å². The average Bonchev–Trinajstić information content (AvgIpc) is 3.97. The van der Waals surface area contributed by atoms with Gasteiger partial charge in [-0.25, -0.2) is 0 Å². The zero-order valence-electron chi connectivity index (χ0n) is 41.0. The molecule has 1 aromatic heterocycles. The lowest BCUT2D eigenvalue weighted by Crippen LogP contribution is -2.22. The summed E-state index contributed by atoms with van der Waals surface area (Å²) >= 11 is 0. The highest BCUT2D eigenvalue weighted by molar-refractivity contribution is 6.12. The molecule has 0 saturated carbocycles. The van der Waals surface area contributed by atoms with Crippen LogP contribution in [0.4, 0.5) is 17.1 Å². The Morgan fingerprint density at radius 3 is 1.64 bits per heavy atom. The number of hydrogen-bond acceptors (Lipinski definition) is 1. The molecule has 0 aliphatic heterocycles. The van der Waals surface area contributed by atoms with Gasteiger partial charge in [0.25, 0.3) is 0 Å². The van der Waals surface area contributed by atoms with Crippen molar-refractivity contribution in [1.29, 1.82) is 0 Å². The molecule has 13 aromatic rings. The van der Waals surface area contributed by atoms with Crippen LogP contribution in [0, 0.1) is 0 Å². The van der Waals surface area contributed by atoms with Crippen LogP contribution in [0.1, 0.15) is 23.6 Å². The summed E-state index contributed by atoms with van der Waals surface area (Å²) < 4.78 is 2.39. The Bertz CT molecular complexity index is 4240. The second-order valence-corrected chi connectivity index (χ2v) is 19.7. The topological polar surface area (TPSA) is 8.17 Å². The standard InChI is InChI=1S/C72H50N2/c1-72(53-26-7-3-8-27-53)64-37-15-11-33-62(64)71-58(35-21-38-65(71)72)50-42-45-55(46-43-50)74(67-40-17-13-31-59(67)61-36-20-25-51-24-19-34-57(70(51)61)49-22-5-2-6-23-49)66-39-16-12-30-56(66)52-44-47-69-63(48-52)60-32-14-18-41-68(60)73(69)54-28-9-4-10-29-54/h2-48H,1H3. The summed E-state index contributed by atoms with van der Waals surface area (Å²) in [7, 11) is 0. The van der Waals surface area contributed by atoms with Crippen LogP contribution in [-0.4, -0.2) is 4.57 Å². The first kappa shape index (κ1) is 43.3. The van der Waals surface area contributed by atoms with E-state index < -0.39 is 0 Å². The number of nitrogens with zero attached hydrogens (tertiary/aromatic N) is 2. The van der Waals surface area contributed by atoms with Gasteiger partial charge in [0.1, 0.15) is 0 Å². The van der Waals surface area contributed by atoms with E-state index in [1.165, 1.54) is 88.2 Å². The number of benzene rings is 12. The molecule has 0 saturated heterocycles. The Morgan fingerprint density at radius 1 is 0.338 bits per heavy atom. The maximum atomic E-state index is 2.49. The van der Waals surface area contributed by atoms with Crippen molar-refractivity contribution >= 4 is 49.6 Å². The minimum atomic E-state index is -0.283. The molecular formula is C72H50N2. The van der Waals surface area contributed by atoms with Crippen molar-refractivity contribution in [2.24, 2.45) is 0 Å². The number of rotatable bonds is 9.